The SMILES string of the molecule is C[C@@H]1CCc2[nH]c3ccc(C(=O)Nc4cc(Cl)ccc4Cl)cc3c2C1. The molecular formula is C20H18Cl2N2O. The van der Waals surface area contributed by atoms with E-state index in [4.69, 9.17) is 23.2 Å². The van der Waals surface area contributed by atoms with Gasteiger partial charge in [-0.3, -0.25) is 4.79 Å². The number of amides is 1. The molecule has 2 aromatic carbocycles. The van der Waals surface area contributed by atoms with Crippen molar-refractivity contribution in [1.82, 2.24) is 4.98 Å². The topological polar surface area (TPSA) is 44.9 Å². The lowest BCUT2D eigenvalue weighted by molar-refractivity contribution is 0.102. The van der Waals surface area contributed by atoms with Crippen LogP contribution in [0.15, 0.2) is 36.4 Å². The molecule has 1 aromatic heterocycles. The molecule has 1 atom stereocenters. The first kappa shape index (κ1) is 16.5. The van der Waals surface area contributed by atoms with Crippen molar-refractivity contribution in [3.8, 4) is 0 Å². The van der Waals surface area contributed by atoms with E-state index in [1.54, 1.807) is 18.2 Å². The van der Waals surface area contributed by atoms with E-state index in [1.165, 1.54) is 17.7 Å². The Hall–Kier alpha value is -1.97. The van der Waals surface area contributed by atoms with Crippen LogP contribution in [0.5, 0.6) is 0 Å². The number of H-pyrrole nitrogens is 1. The van der Waals surface area contributed by atoms with Gasteiger partial charge in [-0.25, -0.2) is 0 Å². The quantitative estimate of drug-likeness (QED) is 0.581. The molecule has 1 heterocycles. The van der Waals surface area contributed by atoms with E-state index in [1.807, 2.05) is 18.2 Å². The minimum absolute atomic E-state index is 0.190. The molecule has 0 radical (unpaired) electrons. The third-order valence-corrected chi connectivity index (χ3v) is 5.44. The molecule has 3 nitrogen and oxygen atoms in total. The van der Waals surface area contributed by atoms with Crippen molar-refractivity contribution in [1.29, 1.82) is 0 Å². The second kappa shape index (κ2) is 6.40. The minimum Gasteiger partial charge on any atom is -0.358 e. The average molecular weight is 373 g/mol. The van der Waals surface area contributed by atoms with Crippen LogP contribution in [0.1, 0.15) is 35.0 Å². The summed E-state index contributed by atoms with van der Waals surface area (Å²) >= 11 is 12.1. The molecule has 25 heavy (non-hydrogen) atoms. The number of hydrogen-bond acceptors (Lipinski definition) is 1. The van der Waals surface area contributed by atoms with Crippen LogP contribution in [0, 0.1) is 5.92 Å². The van der Waals surface area contributed by atoms with Gasteiger partial charge in [-0.15, -0.1) is 0 Å². The molecule has 4 rings (SSSR count). The van der Waals surface area contributed by atoms with Crippen molar-refractivity contribution in [2.45, 2.75) is 26.2 Å². The molecular weight excluding hydrogens is 355 g/mol. The molecule has 0 unspecified atom stereocenters. The number of aryl methyl sites for hydroxylation is 1. The fraction of sp³-hybridized carbons (Fsp3) is 0.250. The number of benzene rings is 2. The van der Waals surface area contributed by atoms with Gasteiger partial charge >= 0.3 is 0 Å². The first-order chi connectivity index (χ1) is 12.0. The zero-order valence-corrected chi connectivity index (χ0v) is 15.3. The standard InChI is InChI=1S/C20H18Cl2N2O/c1-11-2-6-17-14(8-11)15-9-12(3-7-18(15)23-17)20(25)24-19-10-13(21)4-5-16(19)22/h3-5,7,9-11,23H,2,6,8H2,1H3,(H,24,25)/t11-/m1/s1. The van der Waals surface area contributed by atoms with Crippen LogP contribution < -0.4 is 5.32 Å². The van der Waals surface area contributed by atoms with Crippen LogP contribution in [0.2, 0.25) is 10.0 Å². The Bertz CT molecular complexity index is 977. The van der Waals surface area contributed by atoms with Gasteiger partial charge in [0.1, 0.15) is 0 Å². The van der Waals surface area contributed by atoms with Crippen molar-refractivity contribution >= 4 is 45.7 Å². The monoisotopic (exact) mass is 372 g/mol. The number of fused-ring (bicyclic) bond motifs is 3. The Kier molecular flexibility index (Phi) is 4.22. The normalized spacial score (nSPS) is 16.7. The zero-order chi connectivity index (χ0) is 17.6. The summed E-state index contributed by atoms with van der Waals surface area (Å²) in [7, 11) is 0. The van der Waals surface area contributed by atoms with E-state index in [2.05, 4.69) is 17.2 Å². The molecule has 2 N–H and O–H groups in total. The molecule has 0 fully saturated rings. The lowest BCUT2D eigenvalue weighted by Crippen LogP contribution is -2.12. The average Bonchev–Trinajstić information content (AvgIpc) is 2.95. The molecule has 1 amide bonds. The molecule has 0 spiro atoms. The van der Waals surface area contributed by atoms with E-state index in [0.717, 1.165) is 23.7 Å². The number of rotatable bonds is 2. The van der Waals surface area contributed by atoms with Gasteiger partial charge in [0.05, 0.1) is 10.7 Å². The highest BCUT2D eigenvalue weighted by Gasteiger charge is 2.20. The number of anilines is 1. The van der Waals surface area contributed by atoms with Crippen LogP contribution >= 0.6 is 23.2 Å². The number of aromatic nitrogens is 1. The summed E-state index contributed by atoms with van der Waals surface area (Å²) in [5.74, 6) is 0.485. The van der Waals surface area contributed by atoms with Gasteiger partial charge in [-0.05, 0) is 67.1 Å². The Labute approximate surface area is 156 Å². The number of carbonyl (C=O) groups is 1. The summed E-state index contributed by atoms with van der Waals surface area (Å²) in [6.07, 6.45) is 3.34. The maximum absolute atomic E-state index is 12.7. The highest BCUT2D eigenvalue weighted by Crippen LogP contribution is 2.32. The van der Waals surface area contributed by atoms with Gasteiger partial charge < -0.3 is 10.3 Å². The van der Waals surface area contributed by atoms with E-state index in [-0.39, 0.29) is 5.91 Å². The third kappa shape index (κ3) is 3.14. The fourth-order valence-electron chi connectivity index (χ4n) is 3.52. The second-order valence-electron chi connectivity index (χ2n) is 6.77. The predicted octanol–water partition coefficient (Wildman–Crippen LogP) is 5.85. The maximum atomic E-state index is 12.7. The van der Waals surface area contributed by atoms with Crippen LogP contribution in [-0.4, -0.2) is 10.9 Å². The van der Waals surface area contributed by atoms with Crippen molar-refractivity contribution in [2.24, 2.45) is 5.92 Å². The minimum atomic E-state index is -0.190. The Balaban J connectivity index is 1.68. The number of nitrogens with one attached hydrogen (secondary N) is 2. The van der Waals surface area contributed by atoms with Gasteiger partial charge in [-0.2, -0.15) is 0 Å². The molecule has 128 valence electrons. The second-order valence-corrected chi connectivity index (χ2v) is 7.61. The van der Waals surface area contributed by atoms with Crippen LogP contribution in [0.3, 0.4) is 0 Å². The lowest BCUT2D eigenvalue weighted by Gasteiger charge is -2.18. The summed E-state index contributed by atoms with van der Waals surface area (Å²) in [5, 5.41) is 4.99. The van der Waals surface area contributed by atoms with Crippen molar-refractivity contribution in [3.05, 3.63) is 63.3 Å². The number of carbonyl (C=O) groups excluding carboxylic acids is 1. The van der Waals surface area contributed by atoms with E-state index in [0.29, 0.717) is 27.2 Å². The summed E-state index contributed by atoms with van der Waals surface area (Å²) in [4.78, 5) is 16.2. The summed E-state index contributed by atoms with van der Waals surface area (Å²) in [5.41, 5.74) is 4.89. The molecule has 3 aromatic rings. The first-order valence-electron chi connectivity index (χ1n) is 8.41. The van der Waals surface area contributed by atoms with Crippen molar-refractivity contribution in [3.63, 3.8) is 0 Å². The first-order valence-corrected chi connectivity index (χ1v) is 9.17. The lowest BCUT2D eigenvalue weighted by atomic mass is 9.87. The van der Waals surface area contributed by atoms with Gasteiger partial charge in [0, 0.05) is 27.2 Å². The predicted molar refractivity (Wildman–Crippen MR) is 104 cm³/mol. The number of hydrogen-bond donors (Lipinski definition) is 2. The summed E-state index contributed by atoms with van der Waals surface area (Å²) in [6.45, 7) is 2.28. The highest BCUT2D eigenvalue weighted by molar-refractivity contribution is 6.35. The molecule has 0 bridgehead atoms. The molecule has 0 saturated heterocycles. The van der Waals surface area contributed by atoms with Gasteiger partial charge in [0.25, 0.3) is 5.91 Å². The summed E-state index contributed by atoms with van der Waals surface area (Å²) in [6, 6.07) is 10.8. The van der Waals surface area contributed by atoms with Gasteiger partial charge in [0.2, 0.25) is 0 Å². The van der Waals surface area contributed by atoms with E-state index in [9.17, 15) is 4.79 Å². The third-order valence-electron chi connectivity index (χ3n) is 4.87. The molecule has 1 aliphatic carbocycles. The zero-order valence-electron chi connectivity index (χ0n) is 13.8. The van der Waals surface area contributed by atoms with Crippen LogP contribution in [0.25, 0.3) is 10.9 Å². The van der Waals surface area contributed by atoms with Crippen molar-refractivity contribution < 1.29 is 4.79 Å². The Morgan fingerprint density at radius 3 is 2.88 bits per heavy atom. The highest BCUT2D eigenvalue weighted by atomic mass is 35.5. The van der Waals surface area contributed by atoms with Crippen LogP contribution in [-0.2, 0) is 12.8 Å². The molecule has 1 aliphatic rings. The molecule has 0 aliphatic heterocycles. The summed E-state index contributed by atoms with van der Waals surface area (Å²) < 4.78 is 0. The van der Waals surface area contributed by atoms with Crippen LogP contribution in [0.4, 0.5) is 5.69 Å². The smallest absolute Gasteiger partial charge is 0.255 e. The van der Waals surface area contributed by atoms with E-state index >= 15 is 0 Å². The Morgan fingerprint density at radius 2 is 2.04 bits per heavy atom. The number of aromatic amines is 1. The van der Waals surface area contributed by atoms with Gasteiger partial charge in [0.15, 0.2) is 0 Å². The van der Waals surface area contributed by atoms with E-state index < -0.39 is 0 Å². The Morgan fingerprint density at radius 1 is 1.20 bits per heavy atom. The molecule has 0 saturated carbocycles. The fourth-order valence-corrected chi connectivity index (χ4v) is 3.86. The molecule has 5 heteroatoms. The number of halogens is 2. The van der Waals surface area contributed by atoms with Crippen molar-refractivity contribution in [2.75, 3.05) is 5.32 Å². The maximum Gasteiger partial charge on any atom is 0.255 e. The largest absolute Gasteiger partial charge is 0.358 e. The van der Waals surface area contributed by atoms with Gasteiger partial charge in [-0.1, -0.05) is 30.1 Å².